The van der Waals surface area contributed by atoms with Gasteiger partial charge in [-0.3, -0.25) is 9.10 Å². The molecule has 3 rings (SSSR count). The van der Waals surface area contributed by atoms with E-state index in [0.717, 1.165) is 14.8 Å². The van der Waals surface area contributed by atoms with E-state index < -0.39 is 10.0 Å². The Labute approximate surface area is 206 Å². The summed E-state index contributed by atoms with van der Waals surface area (Å²) in [5.41, 5.74) is 1.50. The van der Waals surface area contributed by atoms with E-state index in [2.05, 4.69) is 5.32 Å². The van der Waals surface area contributed by atoms with Gasteiger partial charge in [0.2, 0.25) is 5.91 Å². The predicted molar refractivity (Wildman–Crippen MR) is 138 cm³/mol. The molecule has 0 fully saturated rings. The highest BCUT2D eigenvalue weighted by atomic mass is 32.2. The molecule has 0 unspecified atom stereocenters. The molecule has 3 aromatic carbocycles. The molecule has 0 bridgehead atoms. The molecule has 0 aliphatic heterocycles. The number of carbonyl (C=O) groups excluding carboxylic acids is 1. The van der Waals surface area contributed by atoms with E-state index in [1.807, 2.05) is 50.4 Å². The highest BCUT2D eigenvalue weighted by Gasteiger charge is 2.27. The van der Waals surface area contributed by atoms with E-state index in [-0.39, 0.29) is 23.3 Å². The molecule has 3 aromatic rings. The van der Waals surface area contributed by atoms with Crippen LogP contribution in [0, 0.1) is 0 Å². The van der Waals surface area contributed by atoms with Crippen LogP contribution in [0.15, 0.2) is 88.7 Å². The summed E-state index contributed by atoms with van der Waals surface area (Å²) in [7, 11) is -3.97. The number of nitrogens with one attached hydrogen (secondary N) is 1. The minimum absolute atomic E-state index is 0.0970. The number of benzene rings is 3. The molecule has 0 aliphatic carbocycles. The van der Waals surface area contributed by atoms with Crippen LogP contribution in [-0.4, -0.2) is 40.3 Å². The smallest absolute Gasteiger partial charge is 0.264 e. The van der Waals surface area contributed by atoms with Crippen molar-refractivity contribution in [2.24, 2.45) is 0 Å². The SMILES string of the molecule is CCOc1ccc(N(CC(=O)NC[C@H](C)c2ccccc2)S(=O)(=O)c2ccc(SC)cc2)cc1. The molecular weight excluding hydrogens is 468 g/mol. The number of sulfonamides is 1. The van der Waals surface area contributed by atoms with Gasteiger partial charge in [-0.05, 0) is 73.2 Å². The predicted octanol–water partition coefficient (Wildman–Crippen LogP) is 4.92. The normalized spacial score (nSPS) is 12.1. The summed E-state index contributed by atoms with van der Waals surface area (Å²) in [6, 6.07) is 23.2. The molecular formula is C26H30N2O4S2. The van der Waals surface area contributed by atoms with Gasteiger partial charge in [0, 0.05) is 11.4 Å². The number of thioether (sulfide) groups is 1. The molecule has 0 radical (unpaired) electrons. The van der Waals surface area contributed by atoms with Gasteiger partial charge in [0.1, 0.15) is 12.3 Å². The lowest BCUT2D eigenvalue weighted by molar-refractivity contribution is -0.119. The number of carbonyl (C=O) groups is 1. The van der Waals surface area contributed by atoms with E-state index in [4.69, 9.17) is 4.74 Å². The molecule has 0 aliphatic rings. The summed E-state index contributed by atoms with van der Waals surface area (Å²) < 4.78 is 33.7. The van der Waals surface area contributed by atoms with Crippen molar-refractivity contribution in [2.75, 3.05) is 30.3 Å². The third-order valence-electron chi connectivity index (χ3n) is 5.34. The molecule has 1 N–H and O–H groups in total. The Hall–Kier alpha value is -2.97. The molecule has 0 saturated heterocycles. The largest absolute Gasteiger partial charge is 0.494 e. The van der Waals surface area contributed by atoms with Gasteiger partial charge in [0.15, 0.2) is 0 Å². The minimum atomic E-state index is -3.97. The Bertz CT molecular complexity index is 1170. The van der Waals surface area contributed by atoms with E-state index in [1.54, 1.807) is 48.5 Å². The maximum Gasteiger partial charge on any atom is 0.264 e. The molecule has 6 nitrogen and oxygen atoms in total. The van der Waals surface area contributed by atoms with Gasteiger partial charge in [-0.25, -0.2) is 8.42 Å². The van der Waals surface area contributed by atoms with Crippen molar-refractivity contribution in [1.29, 1.82) is 0 Å². The van der Waals surface area contributed by atoms with Crippen LogP contribution in [0.25, 0.3) is 0 Å². The second-order valence-corrected chi connectivity index (χ2v) is 10.5. The Morgan fingerprint density at radius 2 is 1.65 bits per heavy atom. The quantitative estimate of drug-likeness (QED) is 0.380. The first kappa shape index (κ1) is 25.6. The van der Waals surface area contributed by atoms with Crippen molar-refractivity contribution in [3.05, 3.63) is 84.4 Å². The second kappa shape index (κ2) is 11.9. The van der Waals surface area contributed by atoms with Crippen molar-refractivity contribution < 1.29 is 17.9 Å². The lowest BCUT2D eigenvalue weighted by Crippen LogP contribution is -2.41. The van der Waals surface area contributed by atoms with E-state index in [9.17, 15) is 13.2 Å². The van der Waals surface area contributed by atoms with Crippen LogP contribution in [0.3, 0.4) is 0 Å². The fraction of sp³-hybridized carbons (Fsp3) is 0.269. The molecule has 0 saturated carbocycles. The zero-order chi connectivity index (χ0) is 24.6. The Kier molecular flexibility index (Phi) is 9.01. The zero-order valence-corrected chi connectivity index (χ0v) is 21.2. The standard InChI is InChI=1S/C26H30N2O4S2/c1-4-32-23-12-10-22(11-13-23)28(34(30,31)25-16-14-24(33-3)15-17-25)19-26(29)27-18-20(2)21-8-6-5-7-9-21/h5-17,20H,4,18-19H2,1-3H3,(H,27,29)/t20-/m0/s1. The van der Waals surface area contributed by atoms with Gasteiger partial charge in [0.25, 0.3) is 10.0 Å². The summed E-state index contributed by atoms with van der Waals surface area (Å²) in [6.07, 6.45) is 1.93. The van der Waals surface area contributed by atoms with Crippen LogP contribution >= 0.6 is 11.8 Å². The molecule has 1 atom stereocenters. The number of amides is 1. The molecule has 0 spiro atoms. The van der Waals surface area contributed by atoms with Crippen molar-refractivity contribution in [3.8, 4) is 5.75 Å². The van der Waals surface area contributed by atoms with Gasteiger partial charge in [-0.15, -0.1) is 11.8 Å². The van der Waals surface area contributed by atoms with E-state index in [0.29, 0.717) is 24.6 Å². The number of hydrogen-bond acceptors (Lipinski definition) is 5. The summed E-state index contributed by atoms with van der Waals surface area (Å²) >= 11 is 1.53. The first-order valence-electron chi connectivity index (χ1n) is 11.1. The first-order valence-corrected chi connectivity index (χ1v) is 13.7. The summed E-state index contributed by atoms with van der Waals surface area (Å²) in [5.74, 6) is 0.356. The summed E-state index contributed by atoms with van der Waals surface area (Å²) in [5, 5.41) is 2.88. The van der Waals surface area contributed by atoms with Crippen molar-refractivity contribution in [2.45, 2.75) is 29.6 Å². The molecule has 0 heterocycles. The topological polar surface area (TPSA) is 75.7 Å². The second-order valence-electron chi connectivity index (χ2n) is 7.73. The maximum absolute atomic E-state index is 13.5. The van der Waals surface area contributed by atoms with Crippen LogP contribution in [0.5, 0.6) is 5.75 Å². The Balaban J connectivity index is 1.82. The monoisotopic (exact) mass is 498 g/mol. The van der Waals surface area contributed by atoms with Crippen molar-refractivity contribution >= 4 is 33.4 Å². The van der Waals surface area contributed by atoms with Crippen LogP contribution < -0.4 is 14.4 Å². The average molecular weight is 499 g/mol. The molecule has 180 valence electrons. The lowest BCUT2D eigenvalue weighted by atomic mass is 10.0. The molecule has 8 heteroatoms. The number of nitrogens with zero attached hydrogens (tertiary/aromatic N) is 1. The Morgan fingerprint density at radius 3 is 2.24 bits per heavy atom. The number of anilines is 1. The van der Waals surface area contributed by atoms with Crippen molar-refractivity contribution in [1.82, 2.24) is 5.32 Å². The van der Waals surface area contributed by atoms with Crippen LogP contribution in [0.4, 0.5) is 5.69 Å². The third-order valence-corrected chi connectivity index (χ3v) is 7.88. The van der Waals surface area contributed by atoms with E-state index >= 15 is 0 Å². The maximum atomic E-state index is 13.5. The first-order chi connectivity index (χ1) is 16.3. The number of hydrogen-bond donors (Lipinski definition) is 1. The highest BCUT2D eigenvalue weighted by Crippen LogP contribution is 2.27. The number of rotatable bonds is 11. The molecule has 1 amide bonds. The van der Waals surface area contributed by atoms with Gasteiger partial charge in [0.05, 0.1) is 17.2 Å². The minimum Gasteiger partial charge on any atom is -0.494 e. The van der Waals surface area contributed by atoms with Crippen molar-refractivity contribution in [3.63, 3.8) is 0 Å². The van der Waals surface area contributed by atoms with Crippen LogP contribution in [-0.2, 0) is 14.8 Å². The summed E-state index contributed by atoms with van der Waals surface area (Å²) in [6.45, 7) is 4.48. The average Bonchev–Trinajstić information content (AvgIpc) is 2.87. The Morgan fingerprint density at radius 1 is 1.00 bits per heavy atom. The summed E-state index contributed by atoms with van der Waals surface area (Å²) in [4.78, 5) is 14.0. The molecule has 0 aromatic heterocycles. The van der Waals surface area contributed by atoms with Crippen LogP contribution in [0.2, 0.25) is 0 Å². The van der Waals surface area contributed by atoms with Gasteiger partial charge in [-0.1, -0.05) is 37.3 Å². The fourth-order valence-corrected chi connectivity index (χ4v) is 5.25. The van der Waals surface area contributed by atoms with Gasteiger partial charge < -0.3 is 10.1 Å². The fourth-order valence-electron chi connectivity index (χ4n) is 3.42. The van der Waals surface area contributed by atoms with Crippen LogP contribution in [0.1, 0.15) is 25.3 Å². The lowest BCUT2D eigenvalue weighted by Gasteiger charge is -2.25. The van der Waals surface area contributed by atoms with Gasteiger partial charge in [-0.2, -0.15) is 0 Å². The third kappa shape index (κ3) is 6.55. The van der Waals surface area contributed by atoms with E-state index in [1.165, 1.54) is 11.8 Å². The number of ether oxygens (including phenoxy) is 1. The van der Waals surface area contributed by atoms with Gasteiger partial charge >= 0.3 is 0 Å². The highest BCUT2D eigenvalue weighted by molar-refractivity contribution is 7.98. The molecule has 34 heavy (non-hydrogen) atoms. The zero-order valence-electron chi connectivity index (χ0n) is 19.6.